The van der Waals surface area contributed by atoms with Gasteiger partial charge in [0.05, 0.1) is 17.0 Å². The molecule has 3 heterocycles. The Morgan fingerprint density at radius 3 is 2.66 bits per heavy atom. The topological polar surface area (TPSA) is 97.9 Å². The molecule has 0 fully saturated rings. The summed E-state index contributed by atoms with van der Waals surface area (Å²) in [6.45, 7) is -0.402. The Morgan fingerprint density at radius 2 is 1.93 bits per heavy atom. The van der Waals surface area contributed by atoms with Gasteiger partial charge in [0.1, 0.15) is 18.0 Å². The number of fused-ring (bicyclic) bond motifs is 1. The zero-order valence-corrected chi connectivity index (χ0v) is 15.9. The van der Waals surface area contributed by atoms with Crippen molar-refractivity contribution >= 4 is 27.5 Å². The van der Waals surface area contributed by atoms with Crippen molar-refractivity contribution in [2.75, 3.05) is 0 Å². The second-order valence-corrected chi connectivity index (χ2v) is 6.94. The highest BCUT2D eigenvalue weighted by molar-refractivity contribution is 7.17. The number of hydrogen-bond acceptors (Lipinski definition) is 7. The van der Waals surface area contributed by atoms with E-state index in [1.54, 1.807) is 0 Å². The predicted octanol–water partition coefficient (Wildman–Crippen LogP) is 3.40. The highest BCUT2D eigenvalue weighted by Crippen LogP contribution is 2.30. The zero-order valence-electron chi connectivity index (χ0n) is 15.1. The van der Waals surface area contributed by atoms with Crippen LogP contribution in [0.3, 0.4) is 0 Å². The number of pyridine rings is 1. The summed E-state index contributed by atoms with van der Waals surface area (Å²) >= 11 is 1.34. The summed E-state index contributed by atoms with van der Waals surface area (Å²) in [6, 6.07) is 14.6. The molecular formula is C21H14N4O3S. The van der Waals surface area contributed by atoms with Crippen molar-refractivity contribution in [2.45, 2.75) is 13.2 Å². The molecule has 29 heavy (non-hydrogen) atoms. The molecule has 0 saturated heterocycles. The average molecular weight is 402 g/mol. The lowest BCUT2D eigenvalue weighted by Gasteiger charge is -2.10. The van der Waals surface area contributed by atoms with Crippen LogP contribution in [0, 0.1) is 11.3 Å². The Kier molecular flexibility index (Phi) is 5.14. The summed E-state index contributed by atoms with van der Waals surface area (Å²) in [5, 5.41) is 11.5. The van der Waals surface area contributed by atoms with Gasteiger partial charge in [-0.25, -0.2) is 9.78 Å². The third-order valence-electron chi connectivity index (χ3n) is 4.33. The molecule has 0 saturated carbocycles. The molecule has 3 aromatic heterocycles. The van der Waals surface area contributed by atoms with E-state index in [-0.39, 0.29) is 24.5 Å². The molecule has 8 heteroatoms. The largest absolute Gasteiger partial charge is 0.454 e. The minimum atomic E-state index is -0.554. The average Bonchev–Trinajstić information content (AvgIpc) is 3.20. The Labute approximate surface area is 169 Å². The molecule has 7 nitrogen and oxygen atoms in total. The van der Waals surface area contributed by atoms with Crippen LogP contribution in [0.5, 0.6) is 0 Å². The maximum atomic E-state index is 13.1. The van der Waals surface area contributed by atoms with E-state index in [1.807, 2.05) is 41.8 Å². The van der Waals surface area contributed by atoms with Crippen LogP contribution in [0.15, 0.2) is 65.0 Å². The van der Waals surface area contributed by atoms with Gasteiger partial charge in [0.15, 0.2) is 5.82 Å². The molecule has 0 aliphatic heterocycles. The minimum absolute atomic E-state index is 0.187. The minimum Gasteiger partial charge on any atom is -0.454 e. The van der Waals surface area contributed by atoms with Crippen molar-refractivity contribution in [3.05, 3.63) is 82.0 Å². The van der Waals surface area contributed by atoms with Crippen LogP contribution in [0.2, 0.25) is 0 Å². The monoisotopic (exact) mass is 402 g/mol. The van der Waals surface area contributed by atoms with Gasteiger partial charge in [0.2, 0.25) is 0 Å². The van der Waals surface area contributed by atoms with E-state index >= 15 is 0 Å². The Morgan fingerprint density at radius 1 is 1.17 bits per heavy atom. The second kappa shape index (κ2) is 8.04. The molecule has 0 amide bonds. The van der Waals surface area contributed by atoms with E-state index in [2.05, 4.69) is 9.97 Å². The summed E-state index contributed by atoms with van der Waals surface area (Å²) in [5.74, 6) is -0.325. The lowest BCUT2D eigenvalue weighted by atomic mass is 10.1. The molecule has 0 radical (unpaired) electrons. The van der Waals surface area contributed by atoms with Crippen LogP contribution >= 0.6 is 11.3 Å². The highest BCUT2D eigenvalue weighted by atomic mass is 32.1. The number of ether oxygens (including phenoxy) is 1. The molecule has 0 spiro atoms. The summed E-state index contributed by atoms with van der Waals surface area (Å²) < 4.78 is 6.55. The molecular weight excluding hydrogens is 388 g/mol. The van der Waals surface area contributed by atoms with Crippen molar-refractivity contribution in [3.63, 3.8) is 0 Å². The van der Waals surface area contributed by atoms with Gasteiger partial charge < -0.3 is 4.74 Å². The van der Waals surface area contributed by atoms with Gasteiger partial charge in [-0.1, -0.05) is 30.3 Å². The fourth-order valence-electron chi connectivity index (χ4n) is 2.94. The van der Waals surface area contributed by atoms with Crippen molar-refractivity contribution < 1.29 is 9.53 Å². The van der Waals surface area contributed by atoms with Crippen LogP contribution in [-0.4, -0.2) is 20.5 Å². The maximum absolute atomic E-state index is 13.1. The molecule has 0 N–H and O–H groups in total. The van der Waals surface area contributed by atoms with Crippen molar-refractivity contribution in [2.24, 2.45) is 0 Å². The van der Waals surface area contributed by atoms with E-state index in [9.17, 15) is 14.9 Å². The van der Waals surface area contributed by atoms with Gasteiger partial charge in [0.25, 0.3) is 5.56 Å². The lowest BCUT2D eigenvalue weighted by molar-refractivity contribution is 0.0457. The van der Waals surface area contributed by atoms with Gasteiger partial charge in [-0.3, -0.25) is 14.3 Å². The maximum Gasteiger partial charge on any atom is 0.338 e. The Hall–Kier alpha value is -3.83. The van der Waals surface area contributed by atoms with Crippen molar-refractivity contribution in [1.29, 1.82) is 5.26 Å². The number of hydrogen-bond donors (Lipinski definition) is 0. The highest BCUT2D eigenvalue weighted by Gasteiger charge is 2.18. The quantitative estimate of drug-likeness (QED) is 0.475. The number of nitriles is 1. The van der Waals surface area contributed by atoms with Gasteiger partial charge in [-0.2, -0.15) is 5.26 Å². The molecule has 4 rings (SSSR count). The van der Waals surface area contributed by atoms with E-state index in [1.165, 1.54) is 40.4 Å². The molecule has 4 aromatic rings. The SMILES string of the molecule is N#CCn1c(COC(=O)c2ccncc2)nc2scc(-c3ccccc3)c2c1=O. The van der Waals surface area contributed by atoms with Crippen LogP contribution in [0.25, 0.3) is 21.3 Å². The van der Waals surface area contributed by atoms with Gasteiger partial charge >= 0.3 is 5.97 Å². The first-order valence-electron chi connectivity index (χ1n) is 8.69. The number of rotatable bonds is 5. The first kappa shape index (κ1) is 18.5. The Bertz CT molecular complexity index is 1270. The second-order valence-electron chi connectivity index (χ2n) is 6.09. The molecule has 1 aromatic carbocycles. The fourth-order valence-corrected chi connectivity index (χ4v) is 3.90. The Balaban J connectivity index is 1.73. The first-order chi connectivity index (χ1) is 14.2. The third kappa shape index (κ3) is 3.63. The van der Waals surface area contributed by atoms with Crippen LogP contribution in [0.4, 0.5) is 0 Å². The molecule has 0 aliphatic rings. The van der Waals surface area contributed by atoms with E-state index in [4.69, 9.17) is 4.74 Å². The molecule has 0 aliphatic carbocycles. The normalized spacial score (nSPS) is 10.6. The molecule has 0 bridgehead atoms. The number of benzene rings is 1. The van der Waals surface area contributed by atoms with Crippen molar-refractivity contribution in [3.8, 4) is 17.2 Å². The third-order valence-corrected chi connectivity index (χ3v) is 5.21. The molecule has 142 valence electrons. The van der Waals surface area contributed by atoms with E-state index in [0.29, 0.717) is 15.8 Å². The summed E-state index contributed by atoms with van der Waals surface area (Å²) in [7, 11) is 0. The van der Waals surface area contributed by atoms with E-state index in [0.717, 1.165) is 11.1 Å². The lowest BCUT2D eigenvalue weighted by Crippen LogP contribution is -2.26. The number of carbonyl (C=O) groups is 1. The van der Waals surface area contributed by atoms with Gasteiger partial charge in [-0.15, -0.1) is 11.3 Å². The van der Waals surface area contributed by atoms with Gasteiger partial charge in [-0.05, 0) is 17.7 Å². The fraction of sp³-hybridized carbons (Fsp3) is 0.0952. The summed E-state index contributed by atoms with van der Waals surface area (Å²) in [5.41, 5.74) is 1.69. The van der Waals surface area contributed by atoms with E-state index < -0.39 is 5.97 Å². The van der Waals surface area contributed by atoms with Crippen LogP contribution in [-0.2, 0) is 17.9 Å². The standard InChI is InChI=1S/C21H14N4O3S/c22-8-11-25-17(12-28-21(27)15-6-9-23-10-7-15)24-19-18(20(25)26)16(13-29-19)14-4-2-1-3-5-14/h1-7,9-10,13H,11-12H2. The molecule has 0 unspecified atom stereocenters. The number of nitrogens with zero attached hydrogens (tertiary/aromatic N) is 4. The smallest absolute Gasteiger partial charge is 0.338 e. The predicted molar refractivity (Wildman–Crippen MR) is 108 cm³/mol. The number of carbonyl (C=O) groups excluding carboxylic acids is 1. The number of aromatic nitrogens is 3. The van der Waals surface area contributed by atoms with Crippen molar-refractivity contribution in [1.82, 2.24) is 14.5 Å². The van der Waals surface area contributed by atoms with Crippen LogP contribution in [0.1, 0.15) is 16.2 Å². The number of esters is 1. The zero-order chi connectivity index (χ0) is 20.2. The van der Waals surface area contributed by atoms with Crippen LogP contribution < -0.4 is 5.56 Å². The van der Waals surface area contributed by atoms with Gasteiger partial charge in [0, 0.05) is 23.3 Å². The molecule has 0 atom stereocenters. The number of thiophene rings is 1. The first-order valence-corrected chi connectivity index (χ1v) is 9.57. The summed E-state index contributed by atoms with van der Waals surface area (Å²) in [4.78, 5) is 34.2. The summed E-state index contributed by atoms with van der Waals surface area (Å²) in [6.07, 6.45) is 2.98.